The second-order valence-electron chi connectivity index (χ2n) is 12.5. The first-order valence-corrected chi connectivity index (χ1v) is 14.6. The lowest BCUT2D eigenvalue weighted by molar-refractivity contribution is -0.00506. The summed E-state index contributed by atoms with van der Waals surface area (Å²) in [5.74, 6) is 0. The number of amides is 2. The zero-order chi connectivity index (χ0) is 30.6. The molecular formula is C35H46N2O5. The normalized spacial score (nSPS) is 13.9. The Hall–Kier alpha value is -3.84. The van der Waals surface area contributed by atoms with Crippen LogP contribution in [0.25, 0.3) is 0 Å². The first-order valence-electron chi connectivity index (χ1n) is 14.6. The van der Waals surface area contributed by atoms with Gasteiger partial charge in [0.05, 0.1) is 18.8 Å². The van der Waals surface area contributed by atoms with E-state index in [9.17, 15) is 9.59 Å². The molecule has 0 bridgehead atoms. The lowest BCUT2D eigenvalue weighted by Gasteiger charge is -2.33. The van der Waals surface area contributed by atoms with E-state index in [0.29, 0.717) is 25.9 Å². The average Bonchev–Trinajstić information content (AvgIpc) is 2.90. The Kier molecular flexibility index (Phi) is 12.0. The Morgan fingerprint density at radius 1 is 0.619 bits per heavy atom. The molecule has 7 nitrogen and oxygen atoms in total. The third kappa shape index (κ3) is 12.8. The fourth-order valence-corrected chi connectivity index (χ4v) is 4.57. The number of alkyl carbamates (subject to hydrolysis) is 2. The van der Waals surface area contributed by atoms with E-state index in [1.807, 2.05) is 133 Å². The van der Waals surface area contributed by atoms with Gasteiger partial charge in [-0.25, -0.2) is 9.59 Å². The summed E-state index contributed by atoms with van der Waals surface area (Å²) in [5, 5.41) is 6.16. The Morgan fingerprint density at radius 3 is 1.52 bits per heavy atom. The van der Waals surface area contributed by atoms with Gasteiger partial charge in [0.1, 0.15) is 11.2 Å². The van der Waals surface area contributed by atoms with Crippen molar-refractivity contribution in [3.63, 3.8) is 0 Å². The molecule has 0 heterocycles. The van der Waals surface area contributed by atoms with Gasteiger partial charge in [0, 0.05) is 6.04 Å². The molecule has 3 atom stereocenters. The molecule has 0 spiro atoms. The quantitative estimate of drug-likeness (QED) is 0.238. The van der Waals surface area contributed by atoms with Crippen LogP contribution in [0.2, 0.25) is 0 Å². The van der Waals surface area contributed by atoms with Crippen LogP contribution in [-0.4, -0.2) is 41.6 Å². The van der Waals surface area contributed by atoms with E-state index in [0.717, 1.165) is 16.7 Å². The van der Waals surface area contributed by atoms with Crippen LogP contribution in [0.5, 0.6) is 0 Å². The van der Waals surface area contributed by atoms with Crippen molar-refractivity contribution >= 4 is 12.2 Å². The second kappa shape index (κ2) is 15.4. The molecule has 0 aliphatic rings. The molecule has 0 aliphatic heterocycles. The number of benzene rings is 3. The van der Waals surface area contributed by atoms with Crippen molar-refractivity contribution in [2.75, 3.05) is 0 Å². The molecule has 7 heteroatoms. The maximum Gasteiger partial charge on any atom is 0.407 e. The van der Waals surface area contributed by atoms with Crippen molar-refractivity contribution in [2.24, 2.45) is 0 Å². The Morgan fingerprint density at radius 2 is 1.05 bits per heavy atom. The van der Waals surface area contributed by atoms with E-state index >= 15 is 0 Å². The van der Waals surface area contributed by atoms with Crippen molar-refractivity contribution in [2.45, 2.75) is 96.8 Å². The number of nitrogens with one attached hydrogen (secondary N) is 2. The van der Waals surface area contributed by atoms with Crippen LogP contribution in [0.3, 0.4) is 0 Å². The maximum absolute atomic E-state index is 13.1. The Labute approximate surface area is 251 Å². The van der Waals surface area contributed by atoms with Gasteiger partial charge in [0.25, 0.3) is 0 Å². The molecule has 3 rings (SSSR count). The van der Waals surface area contributed by atoms with Crippen molar-refractivity contribution in [1.82, 2.24) is 10.6 Å². The summed E-state index contributed by atoms with van der Waals surface area (Å²) in [4.78, 5) is 26.0. The Balaban J connectivity index is 1.94. The van der Waals surface area contributed by atoms with Crippen molar-refractivity contribution in [3.05, 3.63) is 108 Å². The summed E-state index contributed by atoms with van der Waals surface area (Å²) in [6, 6.07) is 29.1. The number of carbonyl (C=O) groups is 2. The molecule has 0 radical (unpaired) electrons. The topological polar surface area (TPSA) is 85.9 Å². The van der Waals surface area contributed by atoms with E-state index in [4.69, 9.17) is 14.2 Å². The molecule has 0 saturated carbocycles. The monoisotopic (exact) mass is 574 g/mol. The summed E-state index contributed by atoms with van der Waals surface area (Å²) in [6.45, 7) is 11.4. The summed E-state index contributed by atoms with van der Waals surface area (Å²) < 4.78 is 17.8. The molecule has 42 heavy (non-hydrogen) atoms. The van der Waals surface area contributed by atoms with Gasteiger partial charge in [0.2, 0.25) is 0 Å². The highest BCUT2D eigenvalue weighted by molar-refractivity contribution is 5.69. The summed E-state index contributed by atoms with van der Waals surface area (Å²) >= 11 is 0. The third-order valence-electron chi connectivity index (χ3n) is 6.32. The molecule has 226 valence electrons. The highest BCUT2D eigenvalue weighted by Gasteiger charge is 2.31. The SMILES string of the molecule is CC(C)(C)OC(=O)NC(Cc1ccccc1)C[C@H](OCc1ccccc1)[C@H](Cc1ccccc1)NC(=O)OC(C)(C)C. The first kappa shape index (κ1) is 32.7. The maximum atomic E-state index is 13.1. The smallest absolute Gasteiger partial charge is 0.407 e. The molecular weight excluding hydrogens is 528 g/mol. The molecule has 3 aromatic carbocycles. The highest BCUT2D eigenvalue weighted by atomic mass is 16.6. The minimum atomic E-state index is -0.657. The molecule has 0 aromatic heterocycles. The van der Waals surface area contributed by atoms with Crippen LogP contribution in [0.4, 0.5) is 9.59 Å². The number of hydrogen-bond donors (Lipinski definition) is 2. The van der Waals surface area contributed by atoms with Crippen LogP contribution in [0.1, 0.15) is 64.7 Å². The third-order valence-corrected chi connectivity index (χ3v) is 6.32. The predicted octanol–water partition coefficient (Wildman–Crippen LogP) is 7.23. The van der Waals surface area contributed by atoms with Gasteiger partial charge in [0.15, 0.2) is 0 Å². The molecule has 2 amide bonds. The van der Waals surface area contributed by atoms with E-state index in [-0.39, 0.29) is 6.04 Å². The van der Waals surface area contributed by atoms with Gasteiger partial charge in [-0.05, 0) is 77.5 Å². The fraction of sp³-hybridized carbons (Fsp3) is 0.429. The van der Waals surface area contributed by atoms with Crippen LogP contribution in [0, 0.1) is 0 Å². The number of carbonyl (C=O) groups excluding carboxylic acids is 2. The fourth-order valence-electron chi connectivity index (χ4n) is 4.57. The zero-order valence-corrected chi connectivity index (χ0v) is 25.8. The number of ether oxygens (including phenoxy) is 3. The largest absolute Gasteiger partial charge is 0.444 e. The molecule has 0 saturated heterocycles. The van der Waals surface area contributed by atoms with Crippen molar-refractivity contribution in [1.29, 1.82) is 0 Å². The van der Waals surface area contributed by atoms with Gasteiger partial charge in [-0.1, -0.05) is 91.0 Å². The summed E-state index contributed by atoms with van der Waals surface area (Å²) in [5.41, 5.74) is 1.83. The zero-order valence-electron chi connectivity index (χ0n) is 25.8. The molecule has 0 fully saturated rings. The van der Waals surface area contributed by atoms with E-state index in [2.05, 4.69) is 10.6 Å². The first-order chi connectivity index (χ1) is 19.9. The molecule has 0 aliphatic carbocycles. The molecule has 3 aromatic rings. The Bertz CT molecular complexity index is 1220. The molecule has 1 unspecified atom stereocenters. The van der Waals surface area contributed by atoms with Crippen LogP contribution in [-0.2, 0) is 33.7 Å². The van der Waals surface area contributed by atoms with Gasteiger partial charge in [-0.2, -0.15) is 0 Å². The van der Waals surface area contributed by atoms with Crippen LogP contribution in [0.15, 0.2) is 91.0 Å². The average molecular weight is 575 g/mol. The second-order valence-corrected chi connectivity index (χ2v) is 12.5. The van der Waals surface area contributed by atoms with Crippen molar-refractivity contribution < 1.29 is 23.8 Å². The van der Waals surface area contributed by atoms with E-state index < -0.39 is 35.5 Å². The number of hydrogen-bond acceptors (Lipinski definition) is 5. The van der Waals surface area contributed by atoms with Crippen LogP contribution < -0.4 is 10.6 Å². The van der Waals surface area contributed by atoms with E-state index in [1.54, 1.807) is 0 Å². The van der Waals surface area contributed by atoms with Gasteiger partial charge in [-0.3, -0.25) is 0 Å². The highest BCUT2D eigenvalue weighted by Crippen LogP contribution is 2.20. The summed E-state index contributed by atoms with van der Waals surface area (Å²) in [7, 11) is 0. The summed E-state index contributed by atoms with van der Waals surface area (Å²) in [6.07, 6.45) is 0.0247. The number of rotatable bonds is 12. The van der Waals surface area contributed by atoms with Gasteiger partial charge in [-0.15, -0.1) is 0 Å². The van der Waals surface area contributed by atoms with Gasteiger partial charge >= 0.3 is 12.2 Å². The minimum Gasteiger partial charge on any atom is -0.444 e. The van der Waals surface area contributed by atoms with Gasteiger partial charge < -0.3 is 24.8 Å². The van der Waals surface area contributed by atoms with Crippen LogP contribution >= 0.6 is 0 Å². The lowest BCUT2D eigenvalue weighted by atomic mass is 9.93. The predicted molar refractivity (Wildman–Crippen MR) is 166 cm³/mol. The van der Waals surface area contributed by atoms with E-state index in [1.165, 1.54) is 0 Å². The van der Waals surface area contributed by atoms with Crippen molar-refractivity contribution in [3.8, 4) is 0 Å². The standard InChI is InChI=1S/C35H46N2O5/c1-34(2,3)41-32(38)36-29(22-26-16-10-7-11-17-26)24-31(40-25-28-20-14-9-15-21-28)30(23-27-18-12-8-13-19-27)37-33(39)42-35(4,5)6/h7-21,29-31H,22-25H2,1-6H3,(H,36,38)(H,37,39)/t29?,30-,31-/m0/s1. The minimum absolute atomic E-state index is 0.332. The lowest BCUT2D eigenvalue weighted by Crippen LogP contribution is -2.51. The molecule has 2 N–H and O–H groups in total.